The van der Waals surface area contributed by atoms with Crippen molar-refractivity contribution in [2.45, 2.75) is 32.4 Å². The normalized spacial score (nSPS) is 22.0. The van der Waals surface area contributed by atoms with Gasteiger partial charge in [-0.3, -0.25) is 4.79 Å². The molecule has 5 heteroatoms. The molecule has 1 fully saturated rings. The number of amides is 1. The largest absolute Gasteiger partial charge is 0.364 e. The molecule has 0 unspecified atom stereocenters. The van der Waals surface area contributed by atoms with Crippen molar-refractivity contribution in [1.82, 2.24) is 10.3 Å². The van der Waals surface area contributed by atoms with E-state index in [1.165, 1.54) is 11.3 Å². The second-order valence-electron chi connectivity index (χ2n) is 7.50. The second-order valence-corrected chi connectivity index (χ2v) is 7.50. The first-order valence-corrected chi connectivity index (χ1v) is 9.44. The van der Waals surface area contributed by atoms with Crippen LogP contribution in [0.25, 0.3) is 0 Å². The number of piperazine rings is 1. The maximum atomic E-state index is 12.9. The standard InChI is InChI=1S/C21H26N4O/c1-15(2)23-21(26)17-13-16-7-3-4-8-18(16)25-12-11-24(14-19(17)25)20-9-5-6-10-22-20/h3-10,15,17,19H,11-14H2,1-2H3,(H,23,26)/t17-,19+/m1/s1. The number of carbonyl (C=O) groups excluding carboxylic acids is 1. The molecule has 0 aliphatic carbocycles. The number of hydrogen-bond acceptors (Lipinski definition) is 4. The number of fused-ring (bicyclic) bond motifs is 3. The van der Waals surface area contributed by atoms with Gasteiger partial charge in [-0.25, -0.2) is 4.98 Å². The van der Waals surface area contributed by atoms with Gasteiger partial charge in [0.2, 0.25) is 5.91 Å². The van der Waals surface area contributed by atoms with E-state index in [0.29, 0.717) is 0 Å². The summed E-state index contributed by atoms with van der Waals surface area (Å²) >= 11 is 0. The molecule has 1 saturated heterocycles. The van der Waals surface area contributed by atoms with E-state index in [4.69, 9.17) is 0 Å². The van der Waals surface area contributed by atoms with Crippen molar-refractivity contribution in [3.05, 3.63) is 54.2 Å². The minimum absolute atomic E-state index is 0.0428. The number of rotatable bonds is 3. The number of nitrogens with zero attached hydrogens (tertiary/aromatic N) is 3. The summed E-state index contributed by atoms with van der Waals surface area (Å²) in [5, 5.41) is 3.13. The monoisotopic (exact) mass is 350 g/mol. The van der Waals surface area contributed by atoms with Crippen LogP contribution in [-0.4, -0.2) is 42.6 Å². The first-order valence-electron chi connectivity index (χ1n) is 9.44. The minimum atomic E-state index is -0.0428. The van der Waals surface area contributed by atoms with E-state index in [1.807, 2.05) is 32.2 Å². The summed E-state index contributed by atoms with van der Waals surface area (Å²) in [6.07, 6.45) is 2.63. The van der Waals surface area contributed by atoms with Crippen molar-refractivity contribution in [2.24, 2.45) is 5.92 Å². The van der Waals surface area contributed by atoms with Crippen LogP contribution in [0.5, 0.6) is 0 Å². The molecular formula is C21H26N4O. The van der Waals surface area contributed by atoms with Gasteiger partial charge < -0.3 is 15.1 Å². The van der Waals surface area contributed by atoms with Crippen LogP contribution in [0.4, 0.5) is 11.5 Å². The summed E-state index contributed by atoms with van der Waals surface area (Å²) in [4.78, 5) is 22.2. The molecule has 1 N–H and O–H groups in total. The van der Waals surface area contributed by atoms with Gasteiger partial charge in [0, 0.05) is 37.6 Å². The minimum Gasteiger partial charge on any atom is -0.364 e. The Morgan fingerprint density at radius 1 is 1.15 bits per heavy atom. The van der Waals surface area contributed by atoms with Gasteiger partial charge in [0.1, 0.15) is 5.82 Å². The topological polar surface area (TPSA) is 48.5 Å². The fraction of sp³-hybridized carbons (Fsp3) is 0.429. The van der Waals surface area contributed by atoms with Crippen molar-refractivity contribution in [1.29, 1.82) is 0 Å². The van der Waals surface area contributed by atoms with Crippen molar-refractivity contribution in [3.63, 3.8) is 0 Å². The molecule has 0 saturated carbocycles. The lowest BCUT2D eigenvalue weighted by Crippen LogP contribution is -2.61. The zero-order chi connectivity index (χ0) is 18.1. The third-order valence-electron chi connectivity index (χ3n) is 5.36. The van der Waals surface area contributed by atoms with Crippen molar-refractivity contribution in [3.8, 4) is 0 Å². The van der Waals surface area contributed by atoms with Crippen LogP contribution in [0, 0.1) is 5.92 Å². The molecule has 1 amide bonds. The second kappa shape index (κ2) is 6.98. The predicted molar refractivity (Wildman–Crippen MR) is 104 cm³/mol. The Morgan fingerprint density at radius 3 is 2.73 bits per heavy atom. The first kappa shape index (κ1) is 16.9. The van der Waals surface area contributed by atoms with E-state index < -0.39 is 0 Å². The summed E-state index contributed by atoms with van der Waals surface area (Å²) in [5.41, 5.74) is 2.56. The van der Waals surface area contributed by atoms with Crippen molar-refractivity contribution in [2.75, 3.05) is 29.4 Å². The number of aromatic nitrogens is 1. The molecule has 1 aromatic heterocycles. The summed E-state index contributed by atoms with van der Waals surface area (Å²) in [6.45, 7) is 6.69. The maximum absolute atomic E-state index is 12.9. The van der Waals surface area contributed by atoms with Crippen molar-refractivity contribution < 1.29 is 4.79 Å². The van der Waals surface area contributed by atoms with E-state index in [9.17, 15) is 4.79 Å². The highest BCUT2D eigenvalue weighted by Crippen LogP contribution is 2.36. The fourth-order valence-corrected chi connectivity index (χ4v) is 4.20. The van der Waals surface area contributed by atoms with Gasteiger partial charge in [0.05, 0.1) is 12.0 Å². The third-order valence-corrected chi connectivity index (χ3v) is 5.36. The molecule has 2 atom stereocenters. The Labute approximate surface area is 155 Å². The average molecular weight is 350 g/mol. The van der Waals surface area contributed by atoms with Gasteiger partial charge in [-0.15, -0.1) is 0 Å². The van der Waals surface area contributed by atoms with Gasteiger partial charge in [0.25, 0.3) is 0 Å². The fourth-order valence-electron chi connectivity index (χ4n) is 4.20. The molecule has 2 aromatic rings. The van der Waals surface area contributed by atoms with Gasteiger partial charge in [-0.1, -0.05) is 24.3 Å². The van der Waals surface area contributed by atoms with Gasteiger partial charge in [-0.05, 0) is 44.0 Å². The third kappa shape index (κ3) is 3.14. The van der Waals surface area contributed by atoms with E-state index in [-0.39, 0.29) is 23.9 Å². The number of para-hydroxylation sites is 1. The zero-order valence-electron chi connectivity index (χ0n) is 15.4. The molecule has 26 heavy (non-hydrogen) atoms. The first-order chi connectivity index (χ1) is 12.6. The predicted octanol–water partition coefficient (Wildman–Crippen LogP) is 2.47. The van der Waals surface area contributed by atoms with E-state index >= 15 is 0 Å². The SMILES string of the molecule is CC(C)NC(=O)[C@@H]1Cc2ccccc2N2CCN(c3ccccn3)C[C@@H]12. The average Bonchev–Trinajstić information content (AvgIpc) is 2.67. The van der Waals surface area contributed by atoms with Crippen LogP contribution >= 0.6 is 0 Å². The lowest BCUT2D eigenvalue weighted by molar-refractivity contribution is -0.126. The highest BCUT2D eigenvalue weighted by Gasteiger charge is 2.41. The number of hydrogen-bond donors (Lipinski definition) is 1. The molecule has 5 nitrogen and oxygen atoms in total. The van der Waals surface area contributed by atoms with Gasteiger partial charge >= 0.3 is 0 Å². The van der Waals surface area contributed by atoms with Crippen LogP contribution in [0.1, 0.15) is 19.4 Å². The highest BCUT2D eigenvalue weighted by molar-refractivity contribution is 5.82. The van der Waals surface area contributed by atoms with Crippen LogP contribution in [-0.2, 0) is 11.2 Å². The number of benzene rings is 1. The molecule has 2 aliphatic rings. The number of nitrogens with one attached hydrogen (secondary N) is 1. The maximum Gasteiger partial charge on any atom is 0.225 e. The number of carbonyl (C=O) groups is 1. The lowest BCUT2D eigenvalue weighted by atomic mass is 9.83. The molecule has 136 valence electrons. The van der Waals surface area contributed by atoms with E-state index in [1.54, 1.807) is 0 Å². The molecule has 0 spiro atoms. The Morgan fingerprint density at radius 2 is 1.96 bits per heavy atom. The van der Waals surface area contributed by atoms with Crippen LogP contribution in [0.15, 0.2) is 48.7 Å². The van der Waals surface area contributed by atoms with E-state index in [0.717, 1.165) is 31.9 Å². The Balaban J connectivity index is 1.65. The molecule has 1 aromatic carbocycles. The Kier molecular flexibility index (Phi) is 4.53. The van der Waals surface area contributed by atoms with Gasteiger partial charge in [0.15, 0.2) is 0 Å². The smallest absolute Gasteiger partial charge is 0.225 e. The molecule has 0 bridgehead atoms. The number of anilines is 2. The summed E-state index contributed by atoms with van der Waals surface area (Å²) in [6, 6.07) is 14.8. The van der Waals surface area contributed by atoms with Crippen LogP contribution < -0.4 is 15.1 Å². The zero-order valence-corrected chi connectivity index (χ0v) is 15.4. The summed E-state index contributed by atoms with van der Waals surface area (Å²) in [5.74, 6) is 1.11. The Bertz CT molecular complexity index is 777. The summed E-state index contributed by atoms with van der Waals surface area (Å²) < 4.78 is 0. The van der Waals surface area contributed by atoms with E-state index in [2.05, 4.69) is 50.4 Å². The molecule has 4 rings (SSSR count). The Hall–Kier alpha value is -2.56. The lowest BCUT2D eigenvalue weighted by Gasteiger charge is -2.49. The highest BCUT2D eigenvalue weighted by atomic mass is 16.2. The van der Waals surface area contributed by atoms with Crippen LogP contribution in [0.3, 0.4) is 0 Å². The summed E-state index contributed by atoms with van der Waals surface area (Å²) in [7, 11) is 0. The molecular weight excluding hydrogens is 324 g/mol. The van der Waals surface area contributed by atoms with Crippen LogP contribution in [0.2, 0.25) is 0 Å². The van der Waals surface area contributed by atoms with Crippen molar-refractivity contribution >= 4 is 17.4 Å². The quantitative estimate of drug-likeness (QED) is 0.924. The number of pyridine rings is 1. The molecule has 0 radical (unpaired) electrons. The molecule has 2 aliphatic heterocycles. The van der Waals surface area contributed by atoms with Gasteiger partial charge in [-0.2, -0.15) is 0 Å². The molecule has 3 heterocycles.